The van der Waals surface area contributed by atoms with Gasteiger partial charge in [0, 0.05) is 6.10 Å². The average molecular weight is 495 g/mol. The van der Waals surface area contributed by atoms with Crippen molar-refractivity contribution < 1.29 is 8.85 Å². The Kier molecular flexibility index (Phi) is 8.46. The van der Waals surface area contributed by atoms with Crippen molar-refractivity contribution in [1.82, 2.24) is 0 Å². The maximum Gasteiger partial charge on any atom is 0.192 e. The van der Waals surface area contributed by atoms with Crippen LogP contribution in [0.1, 0.15) is 114 Å². The second-order valence-electron chi connectivity index (χ2n) is 15.3. The average Bonchev–Trinajstić information content (AvgIpc) is 2.95. The summed E-state index contributed by atoms with van der Waals surface area (Å²) in [6, 6.07) is 0. The first-order valence-corrected chi connectivity index (χ1v) is 19.5. The molecule has 0 saturated heterocycles. The summed E-state index contributed by atoms with van der Waals surface area (Å²) in [4.78, 5) is 0. The second-order valence-corrected chi connectivity index (χ2v) is 24.7. The van der Waals surface area contributed by atoms with Crippen LogP contribution in [0, 0.1) is 11.3 Å². The van der Waals surface area contributed by atoms with Crippen molar-refractivity contribution in [1.29, 1.82) is 0 Å². The van der Waals surface area contributed by atoms with Crippen molar-refractivity contribution in [3.63, 3.8) is 0 Å². The summed E-state index contributed by atoms with van der Waals surface area (Å²) >= 11 is 0. The number of hydrogen-bond donors (Lipinski definition) is 0. The van der Waals surface area contributed by atoms with Gasteiger partial charge in [-0.25, -0.2) is 0 Å². The van der Waals surface area contributed by atoms with Crippen LogP contribution in [-0.4, -0.2) is 28.3 Å². The molecular weight excluding hydrogens is 436 g/mol. The molecule has 0 radical (unpaired) electrons. The third kappa shape index (κ3) is 6.46. The molecule has 2 saturated carbocycles. The molecule has 33 heavy (non-hydrogen) atoms. The largest absolute Gasteiger partial charge is 0.414 e. The molecule has 0 heterocycles. The van der Waals surface area contributed by atoms with Gasteiger partial charge in [0.1, 0.15) is 0 Å². The van der Waals surface area contributed by atoms with Crippen LogP contribution < -0.4 is 0 Å². The van der Waals surface area contributed by atoms with E-state index in [-0.39, 0.29) is 15.7 Å². The van der Waals surface area contributed by atoms with E-state index in [0.717, 1.165) is 12.8 Å². The Morgan fingerprint density at radius 3 is 1.97 bits per heavy atom. The van der Waals surface area contributed by atoms with E-state index in [0.29, 0.717) is 17.4 Å². The van der Waals surface area contributed by atoms with Gasteiger partial charge in [-0.15, -0.1) is 0 Å². The maximum absolute atomic E-state index is 7.05. The molecule has 194 valence electrons. The molecule has 0 aliphatic heterocycles. The fourth-order valence-electron chi connectivity index (χ4n) is 5.86. The molecule has 3 atom stereocenters. The molecule has 2 fully saturated rings. The van der Waals surface area contributed by atoms with Crippen molar-refractivity contribution in [3.8, 4) is 0 Å². The standard InChI is InChI=1S/C29H58O2Si2/c1-22(19-21-28(8,9)31-33(13,14)27(5,6)7)23-17-18-24-25(16-15-20-29(23,24)10)30-32(11,12)26(2,3)4/h24-25H,15-21H2,1-14H3/b23-22+/t24-,25-,29+/m0/s1. The van der Waals surface area contributed by atoms with Gasteiger partial charge in [-0.3, -0.25) is 0 Å². The predicted molar refractivity (Wildman–Crippen MR) is 151 cm³/mol. The van der Waals surface area contributed by atoms with Crippen molar-refractivity contribution in [2.45, 2.75) is 162 Å². The van der Waals surface area contributed by atoms with Crippen LogP contribution >= 0.6 is 0 Å². The minimum Gasteiger partial charge on any atom is -0.414 e. The highest BCUT2D eigenvalue weighted by Crippen LogP contribution is 2.58. The number of hydrogen-bond acceptors (Lipinski definition) is 2. The zero-order chi connectivity index (χ0) is 25.7. The summed E-state index contributed by atoms with van der Waals surface area (Å²) in [5, 5.41) is 0.537. The Hall–Kier alpha value is 0.0938. The van der Waals surface area contributed by atoms with Gasteiger partial charge in [0.25, 0.3) is 0 Å². The molecular formula is C29H58O2Si2. The molecule has 0 bridgehead atoms. The third-order valence-corrected chi connectivity index (χ3v) is 19.2. The van der Waals surface area contributed by atoms with E-state index in [1.807, 2.05) is 0 Å². The monoisotopic (exact) mass is 494 g/mol. The van der Waals surface area contributed by atoms with E-state index in [4.69, 9.17) is 8.85 Å². The Morgan fingerprint density at radius 2 is 1.45 bits per heavy atom. The van der Waals surface area contributed by atoms with Crippen molar-refractivity contribution in [3.05, 3.63) is 11.1 Å². The normalized spacial score (nSPS) is 29.3. The molecule has 2 nitrogen and oxygen atoms in total. The summed E-state index contributed by atoms with van der Waals surface area (Å²) in [7, 11) is -3.50. The minimum atomic E-state index is -1.76. The fourth-order valence-corrected chi connectivity index (χ4v) is 9.05. The molecule has 2 aliphatic rings. The van der Waals surface area contributed by atoms with Crippen molar-refractivity contribution in [2.75, 3.05) is 0 Å². The van der Waals surface area contributed by atoms with Crippen LogP contribution in [0.5, 0.6) is 0 Å². The number of allylic oxidation sites excluding steroid dienone is 2. The van der Waals surface area contributed by atoms with Gasteiger partial charge in [0.05, 0.1) is 5.60 Å². The third-order valence-electron chi connectivity index (χ3n) is 10.1. The highest BCUT2D eigenvalue weighted by atomic mass is 28.4. The van der Waals surface area contributed by atoms with Gasteiger partial charge in [-0.05, 0) is 107 Å². The zero-order valence-electron chi connectivity index (χ0n) is 24.9. The van der Waals surface area contributed by atoms with Crippen LogP contribution in [0.4, 0.5) is 0 Å². The lowest BCUT2D eigenvalue weighted by atomic mass is 9.65. The smallest absolute Gasteiger partial charge is 0.192 e. The van der Waals surface area contributed by atoms with Crippen LogP contribution in [0.2, 0.25) is 36.3 Å². The van der Waals surface area contributed by atoms with Gasteiger partial charge in [0.15, 0.2) is 16.6 Å². The Balaban J connectivity index is 2.15. The maximum atomic E-state index is 7.05. The Labute approximate surface area is 209 Å². The molecule has 0 aromatic rings. The minimum absolute atomic E-state index is 0.0652. The van der Waals surface area contributed by atoms with E-state index in [1.54, 1.807) is 11.1 Å². The van der Waals surface area contributed by atoms with E-state index in [9.17, 15) is 0 Å². The summed E-state index contributed by atoms with van der Waals surface area (Å²) in [5.74, 6) is 0.696. The number of fused-ring (bicyclic) bond motifs is 1. The van der Waals surface area contributed by atoms with Gasteiger partial charge in [-0.2, -0.15) is 0 Å². The molecule has 0 amide bonds. The second kappa shape index (κ2) is 9.52. The van der Waals surface area contributed by atoms with Crippen LogP contribution in [-0.2, 0) is 8.85 Å². The van der Waals surface area contributed by atoms with Crippen molar-refractivity contribution in [2.24, 2.45) is 11.3 Å². The highest BCUT2D eigenvalue weighted by molar-refractivity contribution is 6.74. The lowest BCUT2D eigenvalue weighted by Gasteiger charge is -2.48. The van der Waals surface area contributed by atoms with Crippen LogP contribution in [0.15, 0.2) is 11.1 Å². The van der Waals surface area contributed by atoms with Crippen molar-refractivity contribution >= 4 is 16.6 Å². The van der Waals surface area contributed by atoms with E-state index in [1.165, 1.54) is 32.1 Å². The van der Waals surface area contributed by atoms with Crippen LogP contribution in [0.25, 0.3) is 0 Å². The van der Waals surface area contributed by atoms with Crippen LogP contribution in [0.3, 0.4) is 0 Å². The lowest BCUT2D eigenvalue weighted by molar-refractivity contribution is 0.0228. The summed E-state index contributed by atoms with van der Waals surface area (Å²) in [6.07, 6.45) is 9.21. The Morgan fingerprint density at radius 1 is 0.909 bits per heavy atom. The van der Waals surface area contributed by atoms with E-state index < -0.39 is 16.6 Å². The lowest BCUT2D eigenvalue weighted by Crippen LogP contribution is -2.49. The Bertz CT molecular complexity index is 721. The summed E-state index contributed by atoms with van der Waals surface area (Å²) < 4.78 is 13.9. The predicted octanol–water partition coefficient (Wildman–Crippen LogP) is 9.87. The van der Waals surface area contributed by atoms with Gasteiger partial charge >= 0.3 is 0 Å². The molecule has 4 heteroatoms. The molecule has 0 spiro atoms. The molecule has 2 aliphatic carbocycles. The first-order valence-electron chi connectivity index (χ1n) is 13.7. The number of rotatable bonds is 7. The highest BCUT2D eigenvalue weighted by Gasteiger charge is 2.51. The molecule has 0 aromatic heterocycles. The van der Waals surface area contributed by atoms with Gasteiger partial charge in [-0.1, -0.05) is 66.0 Å². The topological polar surface area (TPSA) is 18.5 Å². The summed E-state index contributed by atoms with van der Waals surface area (Å²) in [5.41, 5.74) is 3.67. The van der Waals surface area contributed by atoms with Gasteiger partial charge in [0.2, 0.25) is 0 Å². The quantitative estimate of drug-likeness (QED) is 0.259. The first-order chi connectivity index (χ1) is 14.6. The molecule has 0 aromatic carbocycles. The molecule has 0 N–H and O–H groups in total. The van der Waals surface area contributed by atoms with Gasteiger partial charge < -0.3 is 8.85 Å². The molecule has 2 rings (SSSR count). The van der Waals surface area contributed by atoms with E-state index >= 15 is 0 Å². The summed E-state index contributed by atoms with van der Waals surface area (Å²) in [6.45, 7) is 33.4. The first kappa shape index (κ1) is 29.3. The molecule has 0 unspecified atom stereocenters. The SMILES string of the molecule is C/C(CCC(C)(C)O[Si](C)(C)C(C)(C)C)=C1/CC[C@H]2[C@@H](O[Si](C)(C)C(C)(C)C)CCC[C@]12C. The zero-order valence-corrected chi connectivity index (χ0v) is 26.9. The fraction of sp³-hybridized carbons (Fsp3) is 0.931. The van der Waals surface area contributed by atoms with E-state index in [2.05, 4.69) is 95.4 Å².